The minimum Gasteiger partial charge on any atom is -0.437 e. The molecule has 6 heteroatoms. The lowest BCUT2D eigenvalue weighted by Crippen LogP contribution is -2.18. The van der Waals surface area contributed by atoms with Crippen LogP contribution in [0.3, 0.4) is 0 Å². The van der Waals surface area contributed by atoms with E-state index in [0.717, 1.165) is 12.8 Å². The fourth-order valence-corrected chi connectivity index (χ4v) is 1.15. The quantitative estimate of drug-likeness (QED) is 0.557. The van der Waals surface area contributed by atoms with Crippen molar-refractivity contribution in [3.63, 3.8) is 0 Å². The molecule has 0 atom stereocenters. The molecule has 0 aromatic rings. The van der Waals surface area contributed by atoms with Crippen LogP contribution in [0.15, 0.2) is 0 Å². The van der Waals surface area contributed by atoms with Gasteiger partial charge in [0.05, 0.1) is 0 Å². The van der Waals surface area contributed by atoms with Crippen LogP contribution in [-0.4, -0.2) is 45.2 Å². The SMILES string of the molecule is O=C1CCCCOCC(=O)OCOCOC1. The zero-order valence-electron chi connectivity index (χ0n) is 9.11. The minimum atomic E-state index is -0.465. The van der Waals surface area contributed by atoms with Gasteiger partial charge in [-0.2, -0.15) is 0 Å². The molecule has 0 bridgehead atoms. The van der Waals surface area contributed by atoms with Crippen LogP contribution in [0.1, 0.15) is 19.3 Å². The first-order valence-electron chi connectivity index (χ1n) is 5.19. The molecule has 1 saturated heterocycles. The Bertz CT molecular complexity index is 183. The molecule has 1 rings (SSSR count). The van der Waals surface area contributed by atoms with Crippen molar-refractivity contribution in [1.29, 1.82) is 0 Å². The van der Waals surface area contributed by atoms with Gasteiger partial charge in [-0.05, 0) is 12.8 Å². The summed E-state index contributed by atoms with van der Waals surface area (Å²) in [4.78, 5) is 22.2. The molecule has 16 heavy (non-hydrogen) atoms. The van der Waals surface area contributed by atoms with Gasteiger partial charge in [0.25, 0.3) is 0 Å². The third-order valence-corrected chi connectivity index (χ3v) is 1.95. The number of carbonyl (C=O) groups is 2. The van der Waals surface area contributed by atoms with E-state index in [9.17, 15) is 9.59 Å². The van der Waals surface area contributed by atoms with Gasteiger partial charge in [0, 0.05) is 13.0 Å². The topological polar surface area (TPSA) is 71.1 Å². The van der Waals surface area contributed by atoms with Gasteiger partial charge in [0.15, 0.2) is 19.4 Å². The van der Waals surface area contributed by atoms with Crippen molar-refractivity contribution in [2.75, 3.05) is 33.4 Å². The molecule has 1 aliphatic heterocycles. The Labute approximate surface area is 93.8 Å². The average Bonchev–Trinajstić information content (AvgIpc) is 2.27. The highest BCUT2D eigenvalue weighted by molar-refractivity contribution is 5.79. The highest BCUT2D eigenvalue weighted by Gasteiger charge is 2.06. The fourth-order valence-electron chi connectivity index (χ4n) is 1.15. The van der Waals surface area contributed by atoms with Crippen molar-refractivity contribution in [1.82, 2.24) is 0 Å². The Kier molecular flexibility index (Phi) is 6.71. The Morgan fingerprint density at radius 3 is 2.62 bits per heavy atom. The second-order valence-corrected chi connectivity index (χ2v) is 3.35. The lowest BCUT2D eigenvalue weighted by Gasteiger charge is -2.08. The van der Waals surface area contributed by atoms with Crippen LogP contribution >= 0.6 is 0 Å². The first-order chi connectivity index (χ1) is 7.79. The van der Waals surface area contributed by atoms with Gasteiger partial charge in [-0.25, -0.2) is 4.79 Å². The third kappa shape index (κ3) is 6.49. The number of Topliss-reactive ketones (excluding diaryl/α,β-unsaturated/α-hetero) is 1. The smallest absolute Gasteiger partial charge is 0.334 e. The number of esters is 1. The van der Waals surface area contributed by atoms with E-state index in [1.165, 1.54) is 0 Å². The van der Waals surface area contributed by atoms with Crippen molar-refractivity contribution in [3.05, 3.63) is 0 Å². The van der Waals surface area contributed by atoms with Gasteiger partial charge < -0.3 is 18.9 Å². The molecular weight excluding hydrogens is 216 g/mol. The molecule has 0 aliphatic carbocycles. The predicted octanol–water partition coefficient (Wildman–Crippen LogP) is 0.247. The van der Waals surface area contributed by atoms with Crippen molar-refractivity contribution >= 4 is 11.8 Å². The standard InChI is InChI=1S/C10H16O6/c11-9-3-1-2-4-13-6-10(12)16-8-15-7-14-5-9/h1-8H2. The lowest BCUT2D eigenvalue weighted by atomic mass is 10.2. The van der Waals surface area contributed by atoms with Crippen molar-refractivity contribution in [3.8, 4) is 0 Å². The van der Waals surface area contributed by atoms with E-state index < -0.39 is 5.97 Å². The van der Waals surface area contributed by atoms with E-state index in [4.69, 9.17) is 14.2 Å². The first-order valence-corrected chi connectivity index (χ1v) is 5.19. The molecule has 0 unspecified atom stereocenters. The number of ketones is 1. The van der Waals surface area contributed by atoms with Crippen LogP contribution < -0.4 is 0 Å². The molecular formula is C10H16O6. The monoisotopic (exact) mass is 232 g/mol. The highest BCUT2D eigenvalue weighted by atomic mass is 16.7. The van der Waals surface area contributed by atoms with E-state index in [0.29, 0.717) is 13.0 Å². The molecule has 0 amide bonds. The van der Waals surface area contributed by atoms with Gasteiger partial charge in [-0.15, -0.1) is 0 Å². The highest BCUT2D eigenvalue weighted by Crippen LogP contribution is 1.99. The summed E-state index contributed by atoms with van der Waals surface area (Å²) in [6, 6.07) is 0. The minimum absolute atomic E-state index is 0.0365. The molecule has 0 spiro atoms. The summed E-state index contributed by atoms with van der Waals surface area (Å²) in [5, 5.41) is 0. The summed E-state index contributed by atoms with van der Waals surface area (Å²) in [7, 11) is 0. The molecule has 92 valence electrons. The summed E-state index contributed by atoms with van der Waals surface area (Å²) < 4.78 is 19.5. The van der Waals surface area contributed by atoms with E-state index >= 15 is 0 Å². The van der Waals surface area contributed by atoms with Crippen LogP contribution in [-0.2, 0) is 28.5 Å². The molecule has 0 aromatic heterocycles. The van der Waals surface area contributed by atoms with Crippen LogP contribution in [0.4, 0.5) is 0 Å². The molecule has 1 aliphatic rings. The average molecular weight is 232 g/mol. The molecule has 6 nitrogen and oxygen atoms in total. The van der Waals surface area contributed by atoms with Crippen molar-refractivity contribution < 1.29 is 28.5 Å². The molecule has 0 radical (unpaired) electrons. The number of ether oxygens (including phenoxy) is 4. The Morgan fingerprint density at radius 2 is 1.75 bits per heavy atom. The van der Waals surface area contributed by atoms with E-state index in [1.807, 2.05) is 0 Å². The summed E-state index contributed by atoms with van der Waals surface area (Å²) in [6.07, 6.45) is 1.95. The largest absolute Gasteiger partial charge is 0.437 e. The lowest BCUT2D eigenvalue weighted by molar-refractivity contribution is -0.174. The van der Waals surface area contributed by atoms with Gasteiger partial charge in [0.1, 0.15) is 13.2 Å². The van der Waals surface area contributed by atoms with Gasteiger partial charge in [-0.1, -0.05) is 0 Å². The second kappa shape index (κ2) is 8.20. The first kappa shape index (κ1) is 13.1. The maximum Gasteiger partial charge on any atom is 0.334 e. The van der Waals surface area contributed by atoms with Crippen LogP contribution in [0.2, 0.25) is 0 Å². The fraction of sp³-hybridized carbons (Fsp3) is 0.800. The van der Waals surface area contributed by atoms with E-state index in [2.05, 4.69) is 4.74 Å². The molecule has 1 heterocycles. The molecule has 0 aromatic carbocycles. The van der Waals surface area contributed by atoms with Crippen molar-refractivity contribution in [2.24, 2.45) is 0 Å². The maximum atomic E-state index is 11.2. The third-order valence-electron chi connectivity index (χ3n) is 1.95. The van der Waals surface area contributed by atoms with Crippen LogP contribution in [0.25, 0.3) is 0 Å². The van der Waals surface area contributed by atoms with Gasteiger partial charge in [0.2, 0.25) is 0 Å². The molecule has 0 N–H and O–H groups in total. The summed E-state index contributed by atoms with van der Waals surface area (Å²) >= 11 is 0. The van der Waals surface area contributed by atoms with E-state index in [-0.39, 0.29) is 32.6 Å². The zero-order valence-corrected chi connectivity index (χ0v) is 9.11. The van der Waals surface area contributed by atoms with Crippen molar-refractivity contribution in [2.45, 2.75) is 19.3 Å². The Balaban J connectivity index is 2.23. The second-order valence-electron chi connectivity index (χ2n) is 3.35. The molecule has 1 fully saturated rings. The van der Waals surface area contributed by atoms with Gasteiger partial charge in [-0.3, -0.25) is 4.79 Å². The molecule has 0 saturated carbocycles. The maximum absolute atomic E-state index is 11.2. The Hall–Kier alpha value is -0.980. The van der Waals surface area contributed by atoms with E-state index in [1.54, 1.807) is 0 Å². The van der Waals surface area contributed by atoms with Crippen LogP contribution in [0, 0.1) is 0 Å². The van der Waals surface area contributed by atoms with Gasteiger partial charge >= 0.3 is 5.97 Å². The zero-order chi connectivity index (χ0) is 11.6. The number of cyclic esters (lactones) is 1. The summed E-state index contributed by atoms with van der Waals surface area (Å²) in [6.45, 7) is 0.160. The number of hydrogen-bond acceptors (Lipinski definition) is 6. The summed E-state index contributed by atoms with van der Waals surface area (Å²) in [5.41, 5.74) is 0. The predicted molar refractivity (Wildman–Crippen MR) is 52.5 cm³/mol. The summed E-state index contributed by atoms with van der Waals surface area (Å²) in [5.74, 6) is -0.425. The number of carbonyl (C=O) groups excluding carboxylic acids is 2. The Morgan fingerprint density at radius 1 is 0.875 bits per heavy atom. The normalized spacial score (nSPS) is 22.2. The van der Waals surface area contributed by atoms with Crippen LogP contribution in [0.5, 0.6) is 0 Å². The number of rotatable bonds is 0. The number of hydrogen-bond donors (Lipinski definition) is 0.